The van der Waals surface area contributed by atoms with Crippen molar-refractivity contribution in [2.75, 3.05) is 19.0 Å². The van der Waals surface area contributed by atoms with Crippen molar-refractivity contribution in [2.24, 2.45) is 5.92 Å². The molecular weight excluding hydrogens is 306 g/mol. The Morgan fingerprint density at radius 1 is 1.38 bits per heavy atom. The van der Waals surface area contributed by atoms with Crippen molar-refractivity contribution in [3.8, 4) is 0 Å². The summed E-state index contributed by atoms with van der Waals surface area (Å²) in [6, 6.07) is 7.07. The fourth-order valence-corrected chi connectivity index (χ4v) is 3.04. The van der Waals surface area contributed by atoms with Crippen LogP contribution in [0, 0.1) is 12.8 Å². The summed E-state index contributed by atoms with van der Waals surface area (Å²) in [4.78, 5) is 30.6. The smallest absolute Gasteiger partial charge is 0.251 e. The molecule has 0 fully saturated rings. The number of carbonyl (C=O) groups excluding carboxylic acids is 2. The molecule has 1 aliphatic rings. The molecule has 3 rings (SSSR count). The van der Waals surface area contributed by atoms with Gasteiger partial charge < -0.3 is 10.2 Å². The molecule has 0 saturated heterocycles. The van der Waals surface area contributed by atoms with E-state index in [0.29, 0.717) is 17.8 Å². The van der Waals surface area contributed by atoms with Crippen LogP contribution in [-0.2, 0) is 17.8 Å². The standard InChI is InChI=1S/C17H21N5O2/c1-11-19-15-8-7-13(10-22(15)20-11)17(24)21(3)14-6-4-5-12(9-14)16(23)18-2/h4-6,9,13H,7-8,10H2,1-3H3,(H,18,23). The lowest BCUT2D eigenvalue weighted by atomic mass is 9.98. The number of aromatic nitrogens is 3. The predicted octanol–water partition coefficient (Wildman–Crippen LogP) is 1.17. The number of anilines is 1. The van der Waals surface area contributed by atoms with Gasteiger partial charge in [-0.15, -0.1) is 0 Å². The van der Waals surface area contributed by atoms with Gasteiger partial charge in [-0.3, -0.25) is 9.59 Å². The number of aryl methyl sites for hydroxylation is 2. The number of nitrogens with zero attached hydrogens (tertiary/aromatic N) is 4. The van der Waals surface area contributed by atoms with E-state index in [9.17, 15) is 9.59 Å². The molecule has 0 saturated carbocycles. The van der Waals surface area contributed by atoms with E-state index in [4.69, 9.17) is 0 Å². The van der Waals surface area contributed by atoms with Crippen LogP contribution in [0.2, 0.25) is 0 Å². The zero-order valence-corrected chi connectivity index (χ0v) is 14.1. The maximum atomic E-state index is 12.8. The Balaban J connectivity index is 1.77. The molecule has 2 aromatic rings. The highest BCUT2D eigenvalue weighted by atomic mass is 16.2. The van der Waals surface area contributed by atoms with Crippen molar-refractivity contribution >= 4 is 17.5 Å². The van der Waals surface area contributed by atoms with Gasteiger partial charge in [0.15, 0.2) is 0 Å². The average molecular weight is 327 g/mol. The third-order valence-electron chi connectivity index (χ3n) is 4.37. The number of carbonyl (C=O) groups is 2. The molecule has 2 amide bonds. The topological polar surface area (TPSA) is 80.1 Å². The van der Waals surface area contributed by atoms with Crippen LogP contribution in [0.3, 0.4) is 0 Å². The maximum absolute atomic E-state index is 12.8. The molecule has 1 atom stereocenters. The van der Waals surface area contributed by atoms with E-state index >= 15 is 0 Å². The quantitative estimate of drug-likeness (QED) is 0.918. The van der Waals surface area contributed by atoms with Crippen LogP contribution in [0.15, 0.2) is 24.3 Å². The molecule has 1 aromatic heterocycles. The van der Waals surface area contributed by atoms with Crippen LogP contribution >= 0.6 is 0 Å². The van der Waals surface area contributed by atoms with Gasteiger partial charge in [-0.1, -0.05) is 6.07 Å². The molecule has 1 aliphatic heterocycles. The summed E-state index contributed by atoms with van der Waals surface area (Å²) in [6.07, 6.45) is 1.51. The van der Waals surface area contributed by atoms with Gasteiger partial charge in [0.2, 0.25) is 5.91 Å². The fourth-order valence-electron chi connectivity index (χ4n) is 3.04. The Labute approximate surface area is 140 Å². The molecule has 1 aromatic carbocycles. The fraction of sp³-hybridized carbons (Fsp3) is 0.412. The molecule has 7 heteroatoms. The molecule has 0 radical (unpaired) electrons. The van der Waals surface area contributed by atoms with Gasteiger partial charge in [0.25, 0.3) is 5.91 Å². The van der Waals surface area contributed by atoms with E-state index in [2.05, 4.69) is 15.4 Å². The van der Waals surface area contributed by atoms with Crippen LogP contribution in [0.4, 0.5) is 5.69 Å². The third-order valence-corrected chi connectivity index (χ3v) is 4.37. The minimum absolute atomic E-state index is 0.0304. The highest BCUT2D eigenvalue weighted by molar-refractivity contribution is 5.98. The first-order valence-corrected chi connectivity index (χ1v) is 7.99. The first-order valence-electron chi connectivity index (χ1n) is 7.99. The van der Waals surface area contributed by atoms with Crippen LogP contribution < -0.4 is 10.2 Å². The molecule has 1 N–H and O–H groups in total. The summed E-state index contributed by atoms with van der Waals surface area (Å²) in [6.45, 7) is 2.41. The van der Waals surface area contributed by atoms with Crippen LogP contribution in [-0.4, -0.2) is 40.7 Å². The van der Waals surface area contributed by atoms with Crippen molar-refractivity contribution in [3.05, 3.63) is 41.5 Å². The van der Waals surface area contributed by atoms with Gasteiger partial charge in [0.1, 0.15) is 11.6 Å². The first kappa shape index (κ1) is 16.2. The van der Waals surface area contributed by atoms with E-state index in [1.165, 1.54) is 0 Å². The van der Waals surface area contributed by atoms with E-state index in [1.807, 2.05) is 17.7 Å². The van der Waals surface area contributed by atoms with Gasteiger partial charge in [0.05, 0.1) is 12.5 Å². The lowest BCUT2D eigenvalue weighted by Gasteiger charge is -2.27. The number of hydrogen-bond donors (Lipinski definition) is 1. The molecule has 24 heavy (non-hydrogen) atoms. The first-order chi connectivity index (χ1) is 11.5. The van der Waals surface area contributed by atoms with Gasteiger partial charge >= 0.3 is 0 Å². The Hall–Kier alpha value is -2.70. The van der Waals surface area contributed by atoms with Gasteiger partial charge in [-0.2, -0.15) is 5.10 Å². The van der Waals surface area contributed by atoms with Gasteiger partial charge in [-0.05, 0) is 31.5 Å². The van der Waals surface area contributed by atoms with Crippen LogP contribution in [0.5, 0.6) is 0 Å². The maximum Gasteiger partial charge on any atom is 0.251 e. The monoisotopic (exact) mass is 327 g/mol. The molecular formula is C17H21N5O2. The number of amides is 2. The Morgan fingerprint density at radius 3 is 2.92 bits per heavy atom. The molecule has 2 heterocycles. The normalized spacial score (nSPS) is 16.4. The summed E-state index contributed by atoms with van der Waals surface area (Å²) in [5.74, 6) is 1.42. The number of hydrogen-bond acceptors (Lipinski definition) is 4. The van der Waals surface area contributed by atoms with Crippen molar-refractivity contribution in [3.63, 3.8) is 0 Å². The largest absolute Gasteiger partial charge is 0.355 e. The van der Waals surface area contributed by atoms with Crippen LogP contribution in [0.25, 0.3) is 0 Å². The van der Waals surface area contributed by atoms with Gasteiger partial charge in [-0.25, -0.2) is 9.67 Å². The summed E-state index contributed by atoms with van der Waals surface area (Å²) in [7, 11) is 3.33. The molecule has 0 spiro atoms. The summed E-state index contributed by atoms with van der Waals surface area (Å²) < 4.78 is 1.83. The highest BCUT2D eigenvalue weighted by Gasteiger charge is 2.29. The molecule has 0 bridgehead atoms. The van der Waals surface area contributed by atoms with Crippen molar-refractivity contribution in [2.45, 2.75) is 26.3 Å². The number of rotatable bonds is 3. The summed E-state index contributed by atoms with van der Waals surface area (Å²) in [5.41, 5.74) is 1.24. The zero-order chi connectivity index (χ0) is 17.3. The molecule has 126 valence electrons. The van der Waals surface area contributed by atoms with E-state index in [0.717, 1.165) is 24.5 Å². The molecule has 1 unspecified atom stereocenters. The average Bonchev–Trinajstić information content (AvgIpc) is 2.98. The van der Waals surface area contributed by atoms with E-state index < -0.39 is 0 Å². The second kappa shape index (κ2) is 6.43. The minimum Gasteiger partial charge on any atom is -0.355 e. The van der Waals surface area contributed by atoms with Crippen molar-refractivity contribution in [1.82, 2.24) is 20.1 Å². The highest BCUT2D eigenvalue weighted by Crippen LogP contribution is 2.23. The minimum atomic E-state index is -0.168. The SMILES string of the molecule is CNC(=O)c1cccc(N(C)C(=O)C2CCc3nc(C)nn3C2)c1. The molecule has 7 nitrogen and oxygen atoms in total. The zero-order valence-electron chi connectivity index (χ0n) is 14.1. The Kier molecular flexibility index (Phi) is 4.33. The number of nitrogens with one attached hydrogen (secondary N) is 1. The lowest BCUT2D eigenvalue weighted by molar-refractivity contribution is -0.123. The van der Waals surface area contributed by atoms with E-state index in [1.54, 1.807) is 37.2 Å². The number of benzene rings is 1. The lowest BCUT2D eigenvalue weighted by Crippen LogP contribution is -2.38. The predicted molar refractivity (Wildman–Crippen MR) is 89.8 cm³/mol. The van der Waals surface area contributed by atoms with Crippen LogP contribution in [0.1, 0.15) is 28.4 Å². The summed E-state index contributed by atoms with van der Waals surface area (Å²) in [5, 5.41) is 6.94. The molecule has 0 aliphatic carbocycles. The summed E-state index contributed by atoms with van der Waals surface area (Å²) >= 11 is 0. The van der Waals surface area contributed by atoms with Gasteiger partial charge in [0, 0.05) is 31.8 Å². The second-order valence-electron chi connectivity index (χ2n) is 6.02. The van der Waals surface area contributed by atoms with Crippen molar-refractivity contribution < 1.29 is 9.59 Å². The second-order valence-corrected chi connectivity index (χ2v) is 6.02. The number of fused-ring (bicyclic) bond motifs is 1. The third kappa shape index (κ3) is 3.02. The Morgan fingerprint density at radius 2 is 2.17 bits per heavy atom. The van der Waals surface area contributed by atoms with E-state index in [-0.39, 0.29) is 17.7 Å². The Bertz CT molecular complexity index is 783. The van der Waals surface area contributed by atoms with Crippen molar-refractivity contribution in [1.29, 1.82) is 0 Å².